The number of hydrogen-bond acceptors (Lipinski definition) is 9. The second-order valence-corrected chi connectivity index (χ2v) is 9.18. The second-order valence-electron chi connectivity index (χ2n) is 7.63. The Kier molecular flexibility index (Phi) is 6.59. The van der Waals surface area contributed by atoms with Crippen molar-refractivity contribution in [2.75, 3.05) is 7.11 Å². The van der Waals surface area contributed by atoms with Crippen LogP contribution in [0, 0.1) is 17.0 Å². The van der Waals surface area contributed by atoms with Crippen LogP contribution in [0.2, 0.25) is 0 Å². The molecule has 1 aliphatic heterocycles. The van der Waals surface area contributed by atoms with Crippen molar-refractivity contribution in [1.29, 1.82) is 0 Å². The third-order valence-corrected chi connectivity index (χ3v) is 6.55. The molecular formula is C21H22N4O8S. The van der Waals surface area contributed by atoms with Crippen molar-refractivity contribution in [2.24, 2.45) is 5.10 Å². The quantitative estimate of drug-likeness (QED) is 0.194. The molecule has 1 aliphatic rings. The van der Waals surface area contributed by atoms with E-state index in [-0.39, 0.29) is 17.2 Å². The maximum absolute atomic E-state index is 12.7. The number of carbonyl (C=O) groups is 2. The highest BCUT2D eigenvalue weighted by molar-refractivity contribution is 7.87. The molecular weight excluding hydrogens is 468 g/mol. The first-order valence-electron chi connectivity index (χ1n) is 10.00. The van der Waals surface area contributed by atoms with Gasteiger partial charge in [-0.3, -0.25) is 14.9 Å². The number of urea groups is 1. The summed E-state index contributed by atoms with van der Waals surface area (Å²) >= 11 is 0. The lowest BCUT2D eigenvalue weighted by Crippen LogP contribution is -2.42. The van der Waals surface area contributed by atoms with E-state index in [9.17, 15) is 28.1 Å². The Labute approximate surface area is 195 Å². The SMILES string of the molecule is CCC1(C)NC(=O)N(/N=C/c2ccc(OS(=O)(=O)c3ccc(C)c([N+](=O)[O-])c3)c(OC)c2)C1=O. The van der Waals surface area contributed by atoms with Crippen LogP contribution in [0.15, 0.2) is 46.4 Å². The van der Waals surface area contributed by atoms with E-state index in [1.54, 1.807) is 13.8 Å². The standard InChI is InChI=1S/C21H22N4O8S/c1-5-21(3)19(26)24(20(27)23-21)22-12-14-7-9-17(18(10-14)32-4)33-34(30,31)15-8-6-13(2)16(11-15)25(28)29/h6-12H,5H2,1-4H3,(H,23,27)/b22-12+. The summed E-state index contributed by atoms with van der Waals surface area (Å²) in [5, 5.41) is 18.4. The number of nitro groups is 1. The molecule has 1 fully saturated rings. The van der Waals surface area contributed by atoms with Crippen molar-refractivity contribution in [3.8, 4) is 11.5 Å². The van der Waals surface area contributed by atoms with Gasteiger partial charge in [-0.2, -0.15) is 13.5 Å². The van der Waals surface area contributed by atoms with Crippen LogP contribution in [0.5, 0.6) is 11.5 Å². The number of nitro benzene ring substituents is 1. The second kappa shape index (κ2) is 9.09. The Bertz CT molecular complexity index is 1310. The van der Waals surface area contributed by atoms with Gasteiger partial charge in [0.15, 0.2) is 11.5 Å². The molecule has 0 saturated carbocycles. The number of amides is 3. The summed E-state index contributed by atoms with van der Waals surface area (Å²) in [6.45, 7) is 4.85. The Morgan fingerprint density at radius 1 is 1.21 bits per heavy atom. The number of hydrazone groups is 1. The van der Waals surface area contributed by atoms with Gasteiger partial charge in [-0.05, 0) is 50.1 Å². The first-order chi connectivity index (χ1) is 15.9. The number of ether oxygens (including phenoxy) is 1. The van der Waals surface area contributed by atoms with Crippen molar-refractivity contribution >= 4 is 34.0 Å². The zero-order valence-corrected chi connectivity index (χ0v) is 19.6. The van der Waals surface area contributed by atoms with E-state index < -0.39 is 37.4 Å². The minimum absolute atomic E-state index is 0.0183. The van der Waals surface area contributed by atoms with E-state index in [2.05, 4.69) is 10.4 Å². The topological polar surface area (TPSA) is 158 Å². The third-order valence-electron chi connectivity index (χ3n) is 5.32. The lowest BCUT2D eigenvalue weighted by Gasteiger charge is -2.17. The fourth-order valence-corrected chi connectivity index (χ4v) is 4.04. The van der Waals surface area contributed by atoms with Crippen LogP contribution in [-0.4, -0.2) is 49.2 Å². The number of aryl methyl sites for hydroxylation is 1. The van der Waals surface area contributed by atoms with Gasteiger partial charge >= 0.3 is 16.1 Å². The van der Waals surface area contributed by atoms with Crippen LogP contribution >= 0.6 is 0 Å². The number of nitrogens with one attached hydrogen (secondary N) is 1. The van der Waals surface area contributed by atoms with Gasteiger partial charge in [0.2, 0.25) is 0 Å². The van der Waals surface area contributed by atoms with Gasteiger partial charge < -0.3 is 14.2 Å². The lowest BCUT2D eigenvalue weighted by atomic mass is 10.00. The summed E-state index contributed by atoms with van der Waals surface area (Å²) in [5.41, 5.74) is -0.709. The molecule has 0 spiro atoms. The maximum atomic E-state index is 12.7. The molecule has 34 heavy (non-hydrogen) atoms. The zero-order valence-electron chi connectivity index (χ0n) is 18.8. The molecule has 1 unspecified atom stereocenters. The predicted octanol–water partition coefficient (Wildman–Crippen LogP) is 2.73. The molecule has 3 rings (SSSR count). The van der Waals surface area contributed by atoms with E-state index in [1.807, 2.05) is 0 Å². The first-order valence-corrected chi connectivity index (χ1v) is 11.4. The molecule has 1 atom stereocenters. The van der Waals surface area contributed by atoms with Crippen LogP contribution in [0.3, 0.4) is 0 Å². The third kappa shape index (κ3) is 4.69. The van der Waals surface area contributed by atoms with Gasteiger partial charge in [0.1, 0.15) is 10.4 Å². The van der Waals surface area contributed by atoms with Gasteiger partial charge in [0, 0.05) is 11.6 Å². The number of carbonyl (C=O) groups excluding carboxylic acids is 2. The minimum atomic E-state index is -4.41. The number of nitrogens with zero attached hydrogens (tertiary/aromatic N) is 3. The van der Waals surface area contributed by atoms with E-state index in [1.165, 1.54) is 50.6 Å². The monoisotopic (exact) mass is 490 g/mol. The molecule has 180 valence electrons. The summed E-state index contributed by atoms with van der Waals surface area (Å²) in [5.74, 6) is -0.650. The van der Waals surface area contributed by atoms with Crippen molar-refractivity contribution in [3.05, 3.63) is 57.6 Å². The highest BCUT2D eigenvalue weighted by Gasteiger charge is 2.46. The normalized spacial score (nSPS) is 18.3. The number of hydrogen-bond donors (Lipinski definition) is 1. The van der Waals surface area contributed by atoms with Gasteiger partial charge in [-0.25, -0.2) is 4.79 Å². The molecule has 0 bridgehead atoms. The summed E-state index contributed by atoms with van der Waals surface area (Å²) in [7, 11) is -3.12. The van der Waals surface area contributed by atoms with Gasteiger partial charge in [0.05, 0.1) is 18.2 Å². The summed E-state index contributed by atoms with van der Waals surface area (Å²) in [4.78, 5) is 34.5. The number of methoxy groups -OCH3 is 1. The molecule has 2 aromatic carbocycles. The fourth-order valence-electron chi connectivity index (χ4n) is 3.08. The molecule has 2 aromatic rings. The van der Waals surface area contributed by atoms with Crippen LogP contribution in [-0.2, 0) is 14.9 Å². The van der Waals surface area contributed by atoms with E-state index in [0.717, 1.165) is 11.1 Å². The Hall–Kier alpha value is -4.00. The van der Waals surface area contributed by atoms with Gasteiger partial charge in [-0.1, -0.05) is 13.0 Å². The van der Waals surface area contributed by atoms with Crippen LogP contribution in [0.4, 0.5) is 10.5 Å². The molecule has 0 aliphatic carbocycles. The molecule has 12 nitrogen and oxygen atoms in total. The Balaban J connectivity index is 1.85. The van der Waals surface area contributed by atoms with Crippen LogP contribution in [0.25, 0.3) is 0 Å². The molecule has 1 saturated heterocycles. The number of benzene rings is 2. The smallest absolute Gasteiger partial charge is 0.346 e. The lowest BCUT2D eigenvalue weighted by molar-refractivity contribution is -0.385. The van der Waals surface area contributed by atoms with Gasteiger partial charge in [0.25, 0.3) is 11.6 Å². The van der Waals surface area contributed by atoms with E-state index in [4.69, 9.17) is 8.92 Å². The van der Waals surface area contributed by atoms with Crippen molar-refractivity contribution in [3.63, 3.8) is 0 Å². The van der Waals surface area contributed by atoms with Gasteiger partial charge in [-0.15, -0.1) is 5.01 Å². The van der Waals surface area contributed by atoms with E-state index in [0.29, 0.717) is 17.5 Å². The van der Waals surface area contributed by atoms with Crippen molar-refractivity contribution < 1.29 is 31.9 Å². The molecule has 3 amide bonds. The van der Waals surface area contributed by atoms with Crippen molar-refractivity contribution in [1.82, 2.24) is 10.3 Å². The summed E-state index contributed by atoms with van der Waals surface area (Å²) < 4.78 is 35.7. The van der Waals surface area contributed by atoms with Crippen LogP contribution < -0.4 is 14.2 Å². The Morgan fingerprint density at radius 2 is 1.91 bits per heavy atom. The highest BCUT2D eigenvalue weighted by atomic mass is 32.2. The molecule has 0 aromatic heterocycles. The summed E-state index contributed by atoms with van der Waals surface area (Å²) in [6.07, 6.45) is 1.63. The molecule has 13 heteroatoms. The Morgan fingerprint density at radius 3 is 2.50 bits per heavy atom. The predicted molar refractivity (Wildman–Crippen MR) is 120 cm³/mol. The average molecular weight is 490 g/mol. The number of rotatable bonds is 8. The largest absolute Gasteiger partial charge is 0.493 e. The minimum Gasteiger partial charge on any atom is -0.493 e. The fraction of sp³-hybridized carbons (Fsp3) is 0.286. The maximum Gasteiger partial charge on any atom is 0.346 e. The van der Waals surface area contributed by atoms with Crippen LogP contribution in [0.1, 0.15) is 31.4 Å². The molecule has 0 radical (unpaired) electrons. The number of imide groups is 1. The van der Waals surface area contributed by atoms with Crippen molar-refractivity contribution in [2.45, 2.75) is 37.6 Å². The zero-order chi connectivity index (χ0) is 25.3. The van der Waals surface area contributed by atoms with E-state index >= 15 is 0 Å². The highest BCUT2D eigenvalue weighted by Crippen LogP contribution is 2.32. The molecule has 1 N–H and O–H groups in total. The summed E-state index contributed by atoms with van der Waals surface area (Å²) in [6, 6.07) is 6.89. The molecule has 1 heterocycles. The first kappa shape index (κ1) is 24.6. The average Bonchev–Trinajstić information content (AvgIpc) is 3.01.